The number of para-hydroxylation sites is 2. The third-order valence-electron chi connectivity index (χ3n) is 4.39. The van der Waals surface area contributed by atoms with E-state index in [4.69, 9.17) is 11.6 Å². The van der Waals surface area contributed by atoms with Crippen LogP contribution >= 0.6 is 23.4 Å². The molecule has 0 bridgehead atoms. The lowest BCUT2D eigenvalue weighted by Crippen LogP contribution is -2.22. The van der Waals surface area contributed by atoms with Crippen LogP contribution in [0.1, 0.15) is 12.4 Å². The highest BCUT2D eigenvalue weighted by Gasteiger charge is 2.19. The summed E-state index contributed by atoms with van der Waals surface area (Å²) in [5.41, 5.74) is 1.06. The van der Waals surface area contributed by atoms with Crippen molar-refractivity contribution in [1.82, 2.24) is 19.1 Å². The maximum Gasteiger partial charge on any atom is 0.320 e. The lowest BCUT2D eigenvalue weighted by Gasteiger charge is -2.12. The number of thioether (sulfide) groups is 1. The van der Waals surface area contributed by atoms with Crippen molar-refractivity contribution in [2.24, 2.45) is 0 Å². The van der Waals surface area contributed by atoms with Gasteiger partial charge in [0.2, 0.25) is 0 Å². The number of hydrogen-bond acceptors (Lipinski definition) is 4. The largest absolute Gasteiger partial charge is 0.320 e. The summed E-state index contributed by atoms with van der Waals surface area (Å²) in [6.45, 7) is 1.21. The van der Waals surface area contributed by atoms with Gasteiger partial charge in [0.15, 0.2) is 5.16 Å². The molecule has 0 aliphatic carbocycles. The van der Waals surface area contributed by atoms with Crippen LogP contribution in [-0.2, 0) is 12.3 Å². The Labute approximate surface area is 173 Å². The van der Waals surface area contributed by atoms with Crippen LogP contribution in [0.5, 0.6) is 0 Å². The molecule has 0 saturated carbocycles. The molecule has 0 spiro atoms. The second-order valence-electron chi connectivity index (χ2n) is 6.21. The van der Waals surface area contributed by atoms with Gasteiger partial charge in [0.25, 0.3) is 5.56 Å². The maximum atomic E-state index is 13.6. The summed E-state index contributed by atoms with van der Waals surface area (Å²) >= 11 is 7.20. The third kappa shape index (κ3) is 3.65. The van der Waals surface area contributed by atoms with Crippen LogP contribution in [0.2, 0.25) is 5.02 Å². The molecule has 0 atom stereocenters. The number of nitrogens with zero attached hydrogens (tertiary/aromatic N) is 4. The van der Waals surface area contributed by atoms with E-state index in [0.29, 0.717) is 32.1 Å². The van der Waals surface area contributed by atoms with Crippen molar-refractivity contribution in [3.05, 3.63) is 76.3 Å². The molecular weight excluding hydrogens is 418 g/mol. The second kappa shape index (κ2) is 7.96. The quantitative estimate of drug-likeness (QED) is 0.236. The molecule has 0 aliphatic heterocycles. The highest BCUT2D eigenvalue weighted by molar-refractivity contribution is 7.98. The standard InChI is InChI=1S/C20H15ClF2N4OS/c1-2-9-26-18(28)13-8-7-12(21)10-15(13)25-20(26)29-11-17-24-14-5-3-4-6-16(14)27(17)19(22)23/h2-8,10,19H,1,9,11H2. The van der Waals surface area contributed by atoms with Gasteiger partial charge < -0.3 is 0 Å². The monoisotopic (exact) mass is 432 g/mol. The summed E-state index contributed by atoms with van der Waals surface area (Å²) in [4.78, 5) is 21.7. The van der Waals surface area contributed by atoms with Crippen molar-refractivity contribution in [2.75, 3.05) is 0 Å². The number of rotatable bonds is 6. The molecule has 0 saturated heterocycles. The van der Waals surface area contributed by atoms with Gasteiger partial charge in [0, 0.05) is 11.6 Å². The van der Waals surface area contributed by atoms with Crippen LogP contribution in [0.25, 0.3) is 21.9 Å². The fourth-order valence-electron chi connectivity index (χ4n) is 3.12. The van der Waals surface area contributed by atoms with Crippen molar-refractivity contribution >= 4 is 45.3 Å². The summed E-state index contributed by atoms with van der Waals surface area (Å²) in [5.74, 6) is 0.325. The first-order chi connectivity index (χ1) is 14.0. The van der Waals surface area contributed by atoms with E-state index in [9.17, 15) is 13.6 Å². The average molecular weight is 433 g/mol. The van der Waals surface area contributed by atoms with Gasteiger partial charge in [0.05, 0.1) is 27.7 Å². The zero-order valence-electron chi connectivity index (χ0n) is 15.1. The Kier molecular flexibility index (Phi) is 5.38. The molecule has 4 aromatic rings. The topological polar surface area (TPSA) is 52.7 Å². The van der Waals surface area contributed by atoms with E-state index in [0.717, 1.165) is 4.57 Å². The Morgan fingerprint density at radius 1 is 1.17 bits per heavy atom. The van der Waals surface area contributed by atoms with Crippen LogP contribution in [0.4, 0.5) is 8.78 Å². The van der Waals surface area contributed by atoms with Gasteiger partial charge in [-0.2, -0.15) is 8.78 Å². The predicted octanol–water partition coefficient (Wildman–Crippen LogP) is 5.27. The Morgan fingerprint density at radius 3 is 2.72 bits per heavy atom. The van der Waals surface area contributed by atoms with E-state index >= 15 is 0 Å². The number of alkyl halides is 2. The fraction of sp³-hybridized carbons (Fsp3) is 0.150. The molecule has 0 fully saturated rings. The lowest BCUT2D eigenvalue weighted by molar-refractivity contribution is 0.0722. The molecule has 0 aliphatic rings. The van der Waals surface area contributed by atoms with Crippen molar-refractivity contribution in [3.63, 3.8) is 0 Å². The van der Waals surface area contributed by atoms with Crippen molar-refractivity contribution in [2.45, 2.75) is 24.0 Å². The number of aromatic nitrogens is 4. The second-order valence-corrected chi connectivity index (χ2v) is 7.59. The van der Waals surface area contributed by atoms with E-state index in [2.05, 4.69) is 16.5 Å². The lowest BCUT2D eigenvalue weighted by atomic mass is 10.2. The molecule has 2 heterocycles. The highest BCUT2D eigenvalue weighted by Crippen LogP contribution is 2.28. The molecule has 0 radical (unpaired) electrons. The minimum atomic E-state index is -2.73. The summed E-state index contributed by atoms with van der Waals surface area (Å²) in [7, 11) is 0. The number of halogens is 3. The number of allylic oxidation sites excluding steroid dienone is 1. The first-order valence-electron chi connectivity index (χ1n) is 8.67. The first kappa shape index (κ1) is 19.6. The van der Waals surface area contributed by atoms with Crippen molar-refractivity contribution in [3.8, 4) is 0 Å². The van der Waals surface area contributed by atoms with Gasteiger partial charge in [-0.15, -0.1) is 6.58 Å². The van der Waals surface area contributed by atoms with Crippen LogP contribution in [0, 0.1) is 0 Å². The zero-order chi connectivity index (χ0) is 20.5. The van der Waals surface area contributed by atoms with Crippen molar-refractivity contribution in [1.29, 1.82) is 0 Å². The number of benzene rings is 2. The molecule has 0 amide bonds. The molecule has 5 nitrogen and oxygen atoms in total. The van der Waals surface area contributed by atoms with E-state index in [-0.39, 0.29) is 23.7 Å². The van der Waals surface area contributed by atoms with Gasteiger partial charge in [-0.05, 0) is 30.3 Å². The van der Waals surface area contributed by atoms with E-state index in [1.807, 2.05) is 0 Å². The van der Waals surface area contributed by atoms with Gasteiger partial charge in [-0.3, -0.25) is 13.9 Å². The summed E-state index contributed by atoms with van der Waals surface area (Å²) < 4.78 is 29.7. The summed E-state index contributed by atoms with van der Waals surface area (Å²) in [6.07, 6.45) is 1.59. The minimum absolute atomic E-state index is 0.120. The molecule has 29 heavy (non-hydrogen) atoms. The number of imidazole rings is 1. The van der Waals surface area contributed by atoms with E-state index < -0.39 is 6.55 Å². The molecule has 4 rings (SSSR count). The number of hydrogen-bond donors (Lipinski definition) is 0. The Hall–Kier alpha value is -2.71. The molecule has 2 aromatic carbocycles. The molecule has 0 N–H and O–H groups in total. The van der Waals surface area contributed by atoms with Crippen LogP contribution in [0.3, 0.4) is 0 Å². The SMILES string of the molecule is C=CCn1c(SCc2nc3ccccc3n2C(F)F)nc2cc(Cl)ccc2c1=O. The Balaban J connectivity index is 1.78. The zero-order valence-corrected chi connectivity index (χ0v) is 16.6. The first-order valence-corrected chi connectivity index (χ1v) is 10.0. The fourth-order valence-corrected chi connectivity index (χ4v) is 4.22. The predicted molar refractivity (Wildman–Crippen MR) is 112 cm³/mol. The van der Waals surface area contributed by atoms with E-state index in [1.165, 1.54) is 16.3 Å². The molecule has 0 unspecified atom stereocenters. The van der Waals surface area contributed by atoms with Crippen LogP contribution < -0.4 is 5.56 Å². The Morgan fingerprint density at radius 2 is 1.97 bits per heavy atom. The Bertz CT molecular complexity index is 1280. The minimum Gasteiger partial charge on any atom is -0.283 e. The molecule has 9 heteroatoms. The summed E-state index contributed by atoms with van der Waals surface area (Å²) in [6, 6.07) is 11.6. The van der Waals surface area contributed by atoms with Crippen LogP contribution in [-0.4, -0.2) is 19.1 Å². The molecular formula is C20H15ClF2N4OS. The van der Waals surface area contributed by atoms with Crippen LogP contribution in [0.15, 0.2) is 65.1 Å². The number of fused-ring (bicyclic) bond motifs is 2. The maximum absolute atomic E-state index is 13.6. The molecule has 2 aromatic heterocycles. The third-order valence-corrected chi connectivity index (χ3v) is 5.60. The van der Waals surface area contributed by atoms with Gasteiger partial charge >= 0.3 is 6.55 Å². The van der Waals surface area contributed by atoms with Gasteiger partial charge in [0.1, 0.15) is 5.82 Å². The highest BCUT2D eigenvalue weighted by atomic mass is 35.5. The van der Waals surface area contributed by atoms with Gasteiger partial charge in [-0.1, -0.05) is 41.6 Å². The van der Waals surface area contributed by atoms with E-state index in [1.54, 1.807) is 48.5 Å². The molecule has 148 valence electrons. The normalized spacial score (nSPS) is 11.6. The summed E-state index contributed by atoms with van der Waals surface area (Å²) in [5, 5.41) is 1.28. The average Bonchev–Trinajstić information content (AvgIpc) is 3.07. The van der Waals surface area contributed by atoms with Gasteiger partial charge in [-0.25, -0.2) is 9.97 Å². The smallest absolute Gasteiger partial charge is 0.283 e. The van der Waals surface area contributed by atoms with Crippen molar-refractivity contribution < 1.29 is 8.78 Å².